The van der Waals surface area contributed by atoms with Crippen LogP contribution in [0, 0.1) is 0 Å². The molecule has 0 spiro atoms. The summed E-state index contributed by atoms with van der Waals surface area (Å²) in [5.74, 6) is -7.19. The molecule has 1 fully saturated rings. The Morgan fingerprint density at radius 3 is 2.41 bits per heavy atom. The molecule has 14 heteroatoms. The lowest BCUT2D eigenvalue weighted by molar-refractivity contribution is -0.278. The lowest BCUT2D eigenvalue weighted by atomic mass is 9.86. The van der Waals surface area contributed by atoms with E-state index in [2.05, 4.69) is 5.32 Å². The molecule has 0 aromatic heterocycles. The number of aliphatic hydroxyl groups excluding tert-OH is 3. The molecule has 3 rings (SSSR count). The first kappa shape index (κ1) is 32.1. The summed E-state index contributed by atoms with van der Waals surface area (Å²) in [7, 11) is 0. The van der Waals surface area contributed by atoms with Crippen LogP contribution in [-0.2, 0) is 23.8 Å². The Morgan fingerprint density at radius 1 is 1.10 bits per heavy atom. The van der Waals surface area contributed by atoms with E-state index in [-0.39, 0.29) is 30.9 Å². The summed E-state index contributed by atoms with van der Waals surface area (Å²) in [6, 6.07) is 6.69. The predicted molar refractivity (Wildman–Crippen MR) is 139 cm³/mol. The number of rotatable bonds is 12. The minimum absolute atomic E-state index is 0.00742. The first-order chi connectivity index (χ1) is 19.4. The summed E-state index contributed by atoms with van der Waals surface area (Å²) < 4.78 is 45.4. The van der Waals surface area contributed by atoms with Gasteiger partial charge in [0.25, 0.3) is 0 Å². The molecule has 2 aromatic rings. The lowest BCUT2D eigenvalue weighted by Gasteiger charge is -2.46. The Morgan fingerprint density at radius 2 is 1.76 bits per heavy atom. The van der Waals surface area contributed by atoms with Crippen molar-refractivity contribution in [2.24, 2.45) is 5.73 Å². The van der Waals surface area contributed by atoms with Crippen LogP contribution in [0.2, 0.25) is 0 Å². The molecule has 0 aliphatic carbocycles. The third-order valence-corrected chi connectivity index (χ3v) is 6.71. The number of esters is 2. The molecule has 1 saturated heterocycles. The average molecular weight is 585 g/mol. The molecule has 41 heavy (non-hydrogen) atoms. The Bertz CT molecular complexity index is 1230. The fraction of sp³-hybridized carbons (Fsp3) is 0.519. The van der Waals surface area contributed by atoms with Crippen molar-refractivity contribution >= 4 is 28.6 Å². The van der Waals surface area contributed by atoms with Crippen molar-refractivity contribution in [1.82, 2.24) is 5.32 Å². The molecule has 7 N–H and O–H groups in total. The molecule has 0 saturated carbocycles. The molecule has 0 radical (unpaired) electrons. The Hall–Kier alpha value is -3.43. The van der Waals surface area contributed by atoms with E-state index in [9.17, 15) is 34.1 Å². The van der Waals surface area contributed by atoms with Crippen LogP contribution in [0.15, 0.2) is 36.4 Å². The standard InChI is InChI=1S/C27H34F2N2O10/c1-14(33)31-20-19(30)24(28)27(29,41-23(20)22(36)18(34)13-32)26(38)40-12-6-2-5-11-39-25(37)17-10-9-15-7-3-4-8-16(15)21(17)35/h3-4,7-10,18-20,22-24,32,34-36H,2,5-6,11-13,30H2,1H3,(H,31,33)/t18-,19-,20-,22-,23-,24-,27-/m1/s1. The maximum absolute atomic E-state index is 15.5. The van der Waals surface area contributed by atoms with Crippen molar-refractivity contribution in [2.75, 3.05) is 19.8 Å². The molecular weight excluding hydrogens is 550 g/mol. The van der Waals surface area contributed by atoms with E-state index in [1.807, 2.05) is 0 Å². The van der Waals surface area contributed by atoms with Gasteiger partial charge in [-0.2, -0.15) is 4.39 Å². The van der Waals surface area contributed by atoms with Crippen molar-refractivity contribution in [1.29, 1.82) is 0 Å². The topological polar surface area (TPSA) is 198 Å². The molecule has 7 atom stereocenters. The highest BCUT2D eigenvalue weighted by Crippen LogP contribution is 2.36. The van der Waals surface area contributed by atoms with Gasteiger partial charge >= 0.3 is 17.8 Å². The van der Waals surface area contributed by atoms with Gasteiger partial charge in [-0.15, -0.1) is 0 Å². The van der Waals surface area contributed by atoms with Crippen LogP contribution < -0.4 is 11.1 Å². The van der Waals surface area contributed by atoms with Gasteiger partial charge in [0.2, 0.25) is 5.91 Å². The number of nitrogens with two attached hydrogens (primary N) is 1. The number of phenolic OH excluding ortho intramolecular Hbond substituents is 1. The van der Waals surface area contributed by atoms with E-state index in [1.165, 1.54) is 6.07 Å². The van der Waals surface area contributed by atoms with Crippen molar-refractivity contribution in [2.45, 2.75) is 68.6 Å². The average Bonchev–Trinajstić information content (AvgIpc) is 2.95. The highest BCUT2D eigenvalue weighted by atomic mass is 19.2. The highest BCUT2D eigenvalue weighted by molar-refractivity contribution is 6.01. The quantitative estimate of drug-likeness (QED) is 0.149. The zero-order valence-corrected chi connectivity index (χ0v) is 22.2. The molecule has 1 aliphatic heterocycles. The third kappa shape index (κ3) is 7.26. The molecule has 2 aromatic carbocycles. The fourth-order valence-electron chi connectivity index (χ4n) is 4.47. The van der Waals surface area contributed by atoms with Crippen LogP contribution in [0.3, 0.4) is 0 Å². The minimum Gasteiger partial charge on any atom is -0.506 e. The number of alkyl halides is 2. The van der Waals surface area contributed by atoms with Crippen LogP contribution in [0.1, 0.15) is 36.5 Å². The minimum atomic E-state index is -3.77. The zero-order valence-electron chi connectivity index (χ0n) is 22.2. The summed E-state index contributed by atoms with van der Waals surface area (Å²) in [4.78, 5) is 36.4. The van der Waals surface area contributed by atoms with E-state index in [0.717, 1.165) is 12.3 Å². The van der Waals surface area contributed by atoms with Gasteiger partial charge in [0.15, 0.2) is 6.17 Å². The van der Waals surface area contributed by atoms with Gasteiger partial charge in [0.1, 0.15) is 29.6 Å². The van der Waals surface area contributed by atoms with Gasteiger partial charge in [0, 0.05) is 12.3 Å². The molecule has 0 unspecified atom stereocenters. The summed E-state index contributed by atoms with van der Waals surface area (Å²) >= 11 is 0. The van der Waals surface area contributed by atoms with Crippen LogP contribution in [0.4, 0.5) is 8.78 Å². The van der Waals surface area contributed by atoms with E-state index >= 15 is 4.39 Å². The second-order valence-corrected chi connectivity index (χ2v) is 9.69. The highest BCUT2D eigenvalue weighted by Gasteiger charge is 2.62. The lowest BCUT2D eigenvalue weighted by Crippen LogP contribution is -2.73. The number of phenols is 1. The van der Waals surface area contributed by atoms with Crippen molar-refractivity contribution in [3.63, 3.8) is 0 Å². The zero-order chi connectivity index (χ0) is 30.3. The first-order valence-electron chi connectivity index (χ1n) is 13.0. The molecule has 1 amide bonds. The van der Waals surface area contributed by atoms with Crippen molar-refractivity contribution in [3.8, 4) is 5.75 Å². The summed E-state index contributed by atoms with van der Waals surface area (Å²) in [6.07, 6.45) is -7.77. The van der Waals surface area contributed by atoms with Crippen LogP contribution >= 0.6 is 0 Å². The van der Waals surface area contributed by atoms with E-state index < -0.39 is 66.9 Å². The maximum Gasteiger partial charge on any atom is 0.375 e. The molecular formula is C27H34F2N2O10. The van der Waals surface area contributed by atoms with Crippen LogP contribution in [0.25, 0.3) is 10.8 Å². The van der Waals surface area contributed by atoms with Crippen LogP contribution in [-0.4, -0.2) is 101 Å². The molecule has 12 nitrogen and oxygen atoms in total. The number of amides is 1. The van der Waals surface area contributed by atoms with Gasteiger partial charge in [-0.25, -0.2) is 14.0 Å². The number of halogens is 2. The number of unbranched alkanes of at least 4 members (excludes halogenated alkanes) is 2. The number of carbonyl (C=O) groups is 3. The number of carbonyl (C=O) groups excluding carboxylic acids is 3. The fourth-order valence-corrected chi connectivity index (χ4v) is 4.47. The molecule has 226 valence electrons. The predicted octanol–water partition coefficient (Wildman–Crippen LogP) is 0.364. The van der Waals surface area contributed by atoms with Crippen LogP contribution in [0.5, 0.6) is 5.75 Å². The second kappa shape index (κ2) is 14.0. The van der Waals surface area contributed by atoms with Gasteiger partial charge in [-0.05, 0) is 30.7 Å². The smallest absolute Gasteiger partial charge is 0.375 e. The Kier molecular flexibility index (Phi) is 10.9. The van der Waals surface area contributed by atoms with Crippen molar-refractivity contribution < 1.29 is 57.8 Å². The largest absolute Gasteiger partial charge is 0.506 e. The monoisotopic (exact) mass is 584 g/mol. The first-order valence-corrected chi connectivity index (χ1v) is 13.0. The molecule has 1 aliphatic rings. The third-order valence-electron chi connectivity index (χ3n) is 6.71. The number of hydrogen-bond donors (Lipinski definition) is 6. The van der Waals surface area contributed by atoms with Crippen molar-refractivity contribution in [3.05, 3.63) is 42.0 Å². The summed E-state index contributed by atoms with van der Waals surface area (Å²) in [5, 5.41) is 43.0. The van der Waals surface area contributed by atoms with E-state index in [1.54, 1.807) is 30.3 Å². The Labute approximate surface area is 234 Å². The number of hydrogen-bond acceptors (Lipinski definition) is 11. The Balaban J connectivity index is 1.49. The van der Waals surface area contributed by atoms with Gasteiger partial charge in [-0.3, -0.25) is 4.79 Å². The summed E-state index contributed by atoms with van der Waals surface area (Å²) in [5.41, 5.74) is 5.74. The second-order valence-electron chi connectivity index (χ2n) is 9.69. The van der Waals surface area contributed by atoms with Gasteiger partial charge in [-0.1, -0.05) is 30.3 Å². The maximum atomic E-state index is 15.5. The number of benzene rings is 2. The number of fused-ring (bicyclic) bond motifs is 1. The SMILES string of the molecule is CC(=O)N[C@@H]1[C@@H](N)[C@@H](F)[C@](F)(C(=O)OCCCCCOC(=O)c2ccc3ccccc3c2O)O[C@H]1[C@H](O)[C@H](O)CO. The number of ether oxygens (including phenoxy) is 3. The molecule has 1 heterocycles. The van der Waals surface area contributed by atoms with Gasteiger partial charge in [0.05, 0.1) is 31.9 Å². The summed E-state index contributed by atoms with van der Waals surface area (Å²) in [6.45, 7) is -0.318. The normalized spacial score (nSPS) is 25.7. The number of aromatic hydroxyl groups is 1. The number of nitrogens with one attached hydrogen (secondary N) is 1. The van der Waals surface area contributed by atoms with E-state index in [4.69, 9.17) is 25.1 Å². The van der Waals surface area contributed by atoms with Gasteiger partial charge < -0.3 is 45.7 Å². The number of aliphatic hydroxyl groups is 3. The van der Waals surface area contributed by atoms with E-state index in [0.29, 0.717) is 18.2 Å². The molecule has 0 bridgehead atoms.